The highest BCUT2D eigenvalue weighted by Crippen LogP contribution is 2.38. The number of halogens is 1. The fraction of sp³-hybridized carbons (Fsp3) is 0.136. The summed E-state index contributed by atoms with van der Waals surface area (Å²) in [7, 11) is 4.59. The summed E-state index contributed by atoms with van der Waals surface area (Å²) in [6.07, 6.45) is 5.16. The van der Waals surface area contributed by atoms with Gasteiger partial charge in [0, 0.05) is 0 Å². The minimum Gasteiger partial charge on any atom is -0.493 e. The van der Waals surface area contributed by atoms with E-state index in [2.05, 4.69) is 10.1 Å². The van der Waals surface area contributed by atoms with Gasteiger partial charge in [0.1, 0.15) is 5.82 Å². The standard InChI is InChI=1S/C22H18FN3O4S/c1-28-16-10-14(11-17(29-2)20(16)30-3)12-18-21(27)26-22(31-18)24-19(25-26)9-6-13-4-7-15(23)8-5-13/h4-12H,1-3H3. The molecule has 0 unspecified atom stereocenters. The molecule has 2 aromatic heterocycles. The maximum absolute atomic E-state index is 13.0. The number of fused-ring (bicyclic) bond motifs is 1. The van der Waals surface area contributed by atoms with Crippen LogP contribution in [0, 0.1) is 5.82 Å². The number of thiazole rings is 1. The van der Waals surface area contributed by atoms with Crippen LogP contribution >= 0.6 is 11.3 Å². The third-order valence-electron chi connectivity index (χ3n) is 4.48. The summed E-state index contributed by atoms with van der Waals surface area (Å²) in [4.78, 5) is 17.6. The van der Waals surface area contributed by atoms with Crippen molar-refractivity contribution in [2.75, 3.05) is 21.3 Å². The Kier molecular flexibility index (Phi) is 5.68. The number of ether oxygens (including phenoxy) is 3. The van der Waals surface area contributed by atoms with Crippen LogP contribution in [-0.2, 0) is 0 Å². The normalized spacial score (nSPS) is 12.1. The highest BCUT2D eigenvalue weighted by atomic mass is 32.1. The van der Waals surface area contributed by atoms with E-state index < -0.39 is 0 Å². The van der Waals surface area contributed by atoms with E-state index in [0.29, 0.717) is 38.1 Å². The first kappa shape index (κ1) is 20.5. The first-order chi connectivity index (χ1) is 15.0. The molecule has 0 aliphatic rings. The van der Waals surface area contributed by atoms with E-state index in [0.717, 1.165) is 5.56 Å². The molecule has 31 heavy (non-hydrogen) atoms. The van der Waals surface area contributed by atoms with Crippen LogP contribution in [0.25, 0.3) is 23.2 Å². The zero-order valence-corrected chi connectivity index (χ0v) is 17.8. The minimum absolute atomic E-state index is 0.275. The molecule has 0 radical (unpaired) electrons. The average molecular weight is 439 g/mol. The Labute approximate surface area is 180 Å². The molecule has 0 amide bonds. The van der Waals surface area contributed by atoms with Gasteiger partial charge in [-0.1, -0.05) is 29.5 Å². The van der Waals surface area contributed by atoms with E-state index in [1.807, 2.05) is 0 Å². The first-order valence-electron chi connectivity index (χ1n) is 9.17. The van der Waals surface area contributed by atoms with Gasteiger partial charge in [-0.05, 0) is 47.5 Å². The maximum atomic E-state index is 13.0. The van der Waals surface area contributed by atoms with Crippen molar-refractivity contribution in [1.29, 1.82) is 0 Å². The predicted octanol–water partition coefficient (Wildman–Crippen LogP) is 3.03. The summed E-state index contributed by atoms with van der Waals surface area (Å²) >= 11 is 1.22. The first-order valence-corrected chi connectivity index (χ1v) is 9.99. The largest absolute Gasteiger partial charge is 0.493 e. The highest BCUT2D eigenvalue weighted by Gasteiger charge is 2.13. The van der Waals surface area contributed by atoms with Crippen LogP contribution in [0.1, 0.15) is 17.0 Å². The summed E-state index contributed by atoms with van der Waals surface area (Å²) < 4.78 is 30.8. The number of hydrogen-bond acceptors (Lipinski definition) is 7. The summed E-state index contributed by atoms with van der Waals surface area (Å²) in [6.45, 7) is 0. The third kappa shape index (κ3) is 4.13. The van der Waals surface area contributed by atoms with Gasteiger partial charge in [-0.2, -0.15) is 9.50 Å². The van der Waals surface area contributed by atoms with Gasteiger partial charge in [-0.25, -0.2) is 4.39 Å². The molecule has 2 heterocycles. The lowest BCUT2D eigenvalue weighted by atomic mass is 10.1. The second-order valence-electron chi connectivity index (χ2n) is 6.42. The van der Waals surface area contributed by atoms with Crippen molar-refractivity contribution in [3.63, 3.8) is 0 Å². The van der Waals surface area contributed by atoms with Crippen molar-refractivity contribution in [1.82, 2.24) is 14.6 Å². The molecule has 0 spiro atoms. The number of aromatic nitrogens is 3. The van der Waals surface area contributed by atoms with Gasteiger partial charge in [-0.15, -0.1) is 5.10 Å². The van der Waals surface area contributed by atoms with Crippen LogP contribution in [-0.4, -0.2) is 35.9 Å². The molecule has 158 valence electrons. The van der Waals surface area contributed by atoms with E-state index in [9.17, 15) is 9.18 Å². The van der Waals surface area contributed by atoms with E-state index in [4.69, 9.17) is 14.2 Å². The average Bonchev–Trinajstić information content (AvgIpc) is 3.31. The minimum atomic E-state index is -0.301. The lowest BCUT2D eigenvalue weighted by molar-refractivity contribution is 0.324. The van der Waals surface area contributed by atoms with Crippen LogP contribution in [0.4, 0.5) is 4.39 Å². The van der Waals surface area contributed by atoms with Crippen LogP contribution in [0.5, 0.6) is 17.2 Å². The van der Waals surface area contributed by atoms with Crippen LogP contribution in [0.2, 0.25) is 0 Å². The second-order valence-corrected chi connectivity index (χ2v) is 7.43. The summed E-state index contributed by atoms with van der Waals surface area (Å²) in [5, 5.41) is 4.26. The number of methoxy groups -OCH3 is 3. The zero-order valence-electron chi connectivity index (χ0n) is 17.0. The van der Waals surface area contributed by atoms with Crippen molar-refractivity contribution in [2.24, 2.45) is 0 Å². The molecule has 4 aromatic rings. The van der Waals surface area contributed by atoms with Gasteiger partial charge in [0.05, 0.1) is 25.9 Å². The maximum Gasteiger partial charge on any atom is 0.291 e. The quantitative estimate of drug-likeness (QED) is 0.460. The molecule has 0 aliphatic heterocycles. The molecule has 4 rings (SSSR count). The Morgan fingerprint density at radius 1 is 0.968 bits per heavy atom. The van der Waals surface area contributed by atoms with Crippen molar-refractivity contribution in [3.05, 3.63) is 74.1 Å². The third-order valence-corrected chi connectivity index (χ3v) is 5.44. The number of nitrogens with zero attached hydrogens (tertiary/aromatic N) is 3. The van der Waals surface area contributed by atoms with E-state index in [1.54, 1.807) is 42.5 Å². The molecule has 0 saturated carbocycles. The van der Waals surface area contributed by atoms with Gasteiger partial charge in [-0.3, -0.25) is 4.79 Å². The lowest BCUT2D eigenvalue weighted by Crippen LogP contribution is -2.23. The molecule has 0 fully saturated rings. The molecule has 0 aliphatic carbocycles. The molecule has 7 nitrogen and oxygen atoms in total. The van der Waals surface area contributed by atoms with E-state index in [-0.39, 0.29) is 11.4 Å². The van der Waals surface area contributed by atoms with Crippen LogP contribution < -0.4 is 24.3 Å². The SMILES string of the molecule is COc1cc(C=c2sc3nc(C=Cc4ccc(F)cc4)nn3c2=O)cc(OC)c1OC. The van der Waals surface area contributed by atoms with E-state index in [1.165, 1.54) is 49.3 Å². The predicted molar refractivity (Wildman–Crippen MR) is 117 cm³/mol. The van der Waals surface area contributed by atoms with Gasteiger partial charge in [0.15, 0.2) is 17.3 Å². The molecular formula is C22H18FN3O4S. The lowest BCUT2D eigenvalue weighted by Gasteiger charge is -2.12. The highest BCUT2D eigenvalue weighted by molar-refractivity contribution is 7.15. The molecule has 9 heteroatoms. The van der Waals surface area contributed by atoms with Gasteiger partial charge < -0.3 is 14.2 Å². The topological polar surface area (TPSA) is 75.0 Å². The Bertz CT molecular complexity index is 1350. The monoisotopic (exact) mass is 439 g/mol. The Morgan fingerprint density at radius 3 is 2.23 bits per heavy atom. The van der Waals surface area contributed by atoms with Crippen molar-refractivity contribution >= 4 is 34.5 Å². The van der Waals surface area contributed by atoms with Crippen LogP contribution in [0.3, 0.4) is 0 Å². The second kappa shape index (κ2) is 8.57. The molecule has 2 aromatic carbocycles. The Balaban J connectivity index is 1.69. The van der Waals surface area contributed by atoms with Crippen molar-refractivity contribution < 1.29 is 18.6 Å². The van der Waals surface area contributed by atoms with Crippen molar-refractivity contribution in [2.45, 2.75) is 0 Å². The Hall–Kier alpha value is -3.72. The number of benzene rings is 2. The van der Waals surface area contributed by atoms with Gasteiger partial charge in [0.2, 0.25) is 10.7 Å². The summed E-state index contributed by atoms with van der Waals surface area (Å²) in [5.41, 5.74) is 1.24. The summed E-state index contributed by atoms with van der Waals surface area (Å²) in [5.74, 6) is 1.56. The molecule has 0 atom stereocenters. The Morgan fingerprint density at radius 2 is 1.65 bits per heavy atom. The molecule has 0 N–H and O–H groups in total. The van der Waals surface area contributed by atoms with Crippen LogP contribution in [0.15, 0.2) is 41.2 Å². The van der Waals surface area contributed by atoms with Gasteiger partial charge in [0.25, 0.3) is 5.56 Å². The number of rotatable bonds is 6. The smallest absolute Gasteiger partial charge is 0.291 e. The zero-order chi connectivity index (χ0) is 22.0. The van der Waals surface area contributed by atoms with Crippen molar-refractivity contribution in [3.8, 4) is 17.2 Å². The number of hydrogen-bond donors (Lipinski definition) is 0. The fourth-order valence-corrected chi connectivity index (χ4v) is 3.92. The fourth-order valence-electron chi connectivity index (χ4n) is 3.00. The molecule has 0 saturated heterocycles. The molecule has 0 bridgehead atoms. The summed E-state index contributed by atoms with van der Waals surface area (Å²) in [6, 6.07) is 9.56. The van der Waals surface area contributed by atoms with E-state index >= 15 is 0 Å². The molecular weight excluding hydrogens is 421 g/mol. The van der Waals surface area contributed by atoms with Gasteiger partial charge >= 0.3 is 0 Å².